The summed E-state index contributed by atoms with van der Waals surface area (Å²) in [5, 5.41) is 0. The Morgan fingerprint density at radius 2 is 1.71 bits per heavy atom. The van der Waals surface area contributed by atoms with Crippen molar-refractivity contribution in [3.05, 3.63) is 11.1 Å². The lowest BCUT2D eigenvalue weighted by molar-refractivity contribution is -0.126. The highest BCUT2D eigenvalue weighted by molar-refractivity contribution is 6.24. The van der Waals surface area contributed by atoms with Gasteiger partial charge in [0.2, 0.25) is 0 Å². The predicted molar refractivity (Wildman–Crippen MR) is 69.8 cm³/mol. The fourth-order valence-corrected chi connectivity index (χ4v) is 2.29. The Morgan fingerprint density at radius 1 is 1.12 bits per heavy atom. The minimum absolute atomic E-state index is 0.0701. The molecule has 17 heavy (non-hydrogen) atoms. The predicted octanol–water partition coefficient (Wildman–Crippen LogP) is 3.70. The molecule has 0 amide bonds. The molecule has 2 heteroatoms. The van der Waals surface area contributed by atoms with Gasteiger partial charge in [-0.15, -0.1) is 0 Å². The summed E-state index contributed by atoms with van der Waals surface area (Å²) in [5.74, 6) is -0.200. The van der Waals surface area contributed by atoms with Gasteiger partial charge in [-0.25, -0.2) is 0 Å². The maximum absolute atomic E-state index is 12.2. The summed E-state index contributed by atoms with van der Waals surface area (Å²) in [4.78, 5) is 24.1. The molecule has 1 aliphatic rings. The molecule has 1 aliphatic carbocycles. The third-order valence-corrected chi connectivity index (χ3v) is 3.46. The second kappa shape index (κ2) is 5.16. The second-order valence-corrected chi connectivity index (χ2v) is 6.23. The van der Waals surface area contributed by atoms with Crippen molar-refractivity contribution in [2.75, 3.05) is 0 Å². The lowest BCUT2D eigenvalue weighted by Crippen LogP contribution is -2.17. The SMILES string of the molecule is CCCC1C(=O)C(C)=C(CCC(C)(C)C)C1=O. The van der Waals surface area contributed by atoms with Gasteiger partial charge >= 0.3 is 0 Å². The van der Waals surface area contributed by atoms with E-state index >= 15 is 0 Å². The minimum atomic E-state index is -0.366. The van der Waals surface area contributed by atoms with Crippen LogP contribution in [0.5, 0.6) is 0 Å². The first-order valence-electron chi connectivity index (χ1n) is 6.56. The molecule has 1 atom stereocenters. The first-order chi connectivity index (χ1) is 7.78. The van der Waals surface area contributed by atoms with Gasteiger partial charge in [0.25, 0.3) is 0 Å². The van der Waals surface area contributed by atoms with Crippen LogP contribution in [-0.4, -0.2) is 11.6 Å². The van der Waals surface area contributed by atoms with E-state index in [4.69, 9.17) is 0 Å². The van der Waals surface area contributed by atoms with Crippen molar-refractivity contribution in [1.82, 2.24) is 0 Å². The largest absolute Gasteiger partial charge is 0.294 e. The Hall–Kier alpha value is -0.920. The van der Waals surface area contributed by atoms with Crippen LogP contribution in [0.3, 0.4) is 0 Å². The van der Waals surface area contributed by atoms with E-state index in [-0.39, 0.29) is 22.9 Å². The van der Waals surface area contributed by atoms with Crippen LogP contribution < -0.4 is 0 Å². The molecule has 2 nitrogen and oxygen atoms in total. The quantitative estimate of drug-likeness (QED) is 0.697. The van der Waals surface area contributed by atoms with Gasteiger partial charge in [0.1, 0.15) is 0 Å². The van der Waals surface area contributed by atoms with Gasteiger partial charge in [-0.3, -0.25) is 9.59 Å². The highest BCUT2D eigenvalue weighted by Crippen LogP contribution is 2.33. The summed E-state index contributed by atoms with van der Waals surface area (Å²) in [7, 11) is 0. The average Bonchev–Trinajstić information content (AvgIpc) is 2.40. The normalized spacial score (nSPS) is 21.6. The van der Waals surface area contributed by atoms with E-state index in [1.807, 2.05) is 13.8 Å². The maximum Gasteiger partial charge on any atom is 0.170 e. The van der Waals surface area contributed by atoms with E-state index < -0.39 is 0 Å². The summed E-state index contributed by atoms with van der Waals surface area (Å²) >= 11 is 0. The zero-order chi connectivity index (χ0) is 13.2. The van der Waals surface area contributed by atoms with Crippen LogP contribution in [0.15, 0.2) is 11.1 Å². The topological polar surface area (TPSA) is 34.1 Å². The highest BCUT2D eigenvalue weighted by Gasteiger charge is 2.37. The first-order valence-corrected chi connectivity index (χ1v) is 6.56. The van der Waals surface area contributed by atoms with Crippen LogP contribution in [0.4, 0.5) is 0 Å². The van der Waals surface area contributed by atoms with E-state index in [1.54, 1.807) is 0 Å². The molecule has 0 saturated heterocycles. The van der Waals surface area contributed by atoms with Crippen molar-refractivity contribution in [3.8, 4) is 0 Å². The molecule has 0 fully saturated rings. The molecule has 0 N–H and O–H groups in total. The smallest absolute Gasteiger partial charge is 0.170 e. The molecule has 0 bridgehead atoms. The van der Waals surface area contributed by atoms with Gasteiger partial charge in [-0.1, -0.05) is 34.1 Å². The van der Waals surface area contributed by atoms with Crippen LogP contribution in [0.25, 0.3) is 0 Å². The zero-order valence-electron chi connectivity index (χ0n) is 11.7. The van der Waals surface area contributed by atoms with Crippen LogP contribution in [0.1, 0.15) is 60.3 Å². The fraction of sp³-hybridized carbons (Fsp3) is 0.733. The van der Waals surface area contributed by atoms with E-state index in [0.29, 0.717) is 6.42 Å². The van der Waals surface area contributed by atoms with E-state index in [9.17, 15) is 9.59 Å². The van der Waals surface area contributed by atoms with Crippen LogP contribution in [0.2, 0.25) is 0 Å². The summed E-state index contributed by atoms with van der Waals surface area (Å²) in [6.07, 6.45) is 3.30. The third-order valence-electron chi connectivity index (χ3n) is 3.46. The first kappa shape index (κ1) is 14.1. The minimum Gasteiger partial charge on any atom is -0.294 e. The van der Waals surface area contributed by atoms with Crippen molar-refractivity contribution in [2.24, 2.45) is 11.3 Å². The number of hydrogen-bond acceptors (Lipinski definition) is 2. The molecule has 0 spiro atoms. The van der Waals surface area contributed by atoms with Gasteiger partial charge in [0.05, 0.1) is 5.92 Å². The molecule has 0 aliphatic heterocycles. The third kappa shape index (κ3) is 3.27. The molecule has 0 aromatic heterocycles. The number of carbonyl (C=O) groups excluding carboxylic acids is 2. The number of rotatable bonds is 4. The van der Waals surface area contributed by atoms with Crippen LogP contribution in [-0.2, 0) is 9.59 Å². The van der Waals surface area contributed by atoms with Gasteiger partial charge in [-0.2, -0.15) is 0 Å². The van der Waals surface area contributed by atoms with Crippen molar-refractivity contribution in [3.63, 3.8) is 0 Å². The van der Waals surface area contributed by atoms with Crippen molar-refractivity contribution < 1.29 is 9.59 Å². The van der Waals surface area contributed by atoms with E-state index in [2.05, 4.69) is 20.8 Å². The standard InChI is InChI=1S/C15H24O2/c1-6-7-12-13(16)10(2)11(14(12)17)8-9-15(3,4)5/h12H,6-9H2,1-5H3. The summed E-state index contributed by atoms with van der Waals surface area (Å²) < 4.78 is 0. The monoisotopic (exact) mass is 236 g/mol. The second-order valence-electron chi connectivity index (χ2n) is 6.23. The lowest BCUT2D eigenvalue weighted by Gasteiger charge is -2.18. The number of allylic oxidation sites excluding steroid dienone is 2. The Labute approximate surface area is 104 Å². The van der Waals surface area contributed by atoms with Crippen molar-refractivity contribution in [2.45, 2.75) is 60.3 Å². The highest BCUT2D eigenvalue weighted by atomic mass is 16.2. The van der Waals surface area contributed by atoms with Gasteiger partial charge in [-0.05, 0) is 37.2 Å². The number of carbonyl (C=O) groups is 2. The molecule has 0 saturated carbocycles. The Morgan fingerprint density at radius 3 is 2.18 bits per heavy atom. The Bertz CT molecular complexity index is 356. The summed E-state index contributed by atoms with van der Waals surface area (Å²) in [5.41, 5.74) is 1.72. The number of ketones is 2. The molecule has 0 radical (unpaired) electrons. The van der Waals surface area contributed by atoms with Gasteiger partial charge < -0.3 is 0 Å². The summed E-state index contributed by atoms with van der Waals surface area (Å²) in [6.45, 7) is 10.3. The number of Topliss-reactive ketones (excluding diaryl/α,β-unsaturated/α-hetero) is 2. The lowest BCUT2D eigenvalue weighted by atomic mass is 9.87. The molecule has 1 unspecified atom stereocenters. The van der Waals surface area contributed by atoms with Crippen LogP contribution >= 0.6 is 0 Å². The molecule has 0 aromatic rings. The van der Waals surface area contributed by atoms with Crippen molar-refractivity contribution in [1.29, 1.82) is 0 Å². The van der Waals surface area contributed by atoms with Crippen molar-refractivity contribution >= 4 is 11.6 Å². The zero-order valence-corrected chi connectivity index (χ0v) is 11.7. The molecule has 1 rings (SSSR count). The van der Waals surface area contributed by atoms with Crippen LogP contribution in [0, 0.1) is 11.3 Å². The van der Waals surface area contributed by atoms with E-state index in [0.717, 1.165) is 30.4 Å². The Balaban J connectivity index is 2.78. The molecular weight excluding hydrogens is 212 g/mol. The molecule has 0 heterocycles. The molecular formula is C15H24O2. The van der Waals surface area contributed by atoms with Gasteiger partial charge in [0, 0.05) is 5.57 Å². The maximum atomic E-state index is 12.2. The fourth-order valence-electron chi connectivity index (χ4n) is 2.29. The average molecular weight is 236 g/mol. The summed E-state index contributed by atoms with van der Waals surface area (Å²) in [6, 6.07) is 0. The molecule has 0 aromatic carbocycles. The van der Waals surface area contributed by atoms with E-state index in [1.165, 1.54) is 0 Å². The number of hydrogen-bond donors (Lipinski definition) is 0. The molecule has 96 valence electrons. The van der Waals surface area contributed by atoms with Gasteiger partial charge in [0.15, 0.2) is 11.6 Å². The Kier molecular flexibility index (Phi) is 4.29.